The van der Waals surface area contributed by atoms with Crippen molar-refractivity contribution in [1.82, 2.24) is 5.32 Å². The molecule has 18 heavy (non-hydrogen) atoms. The maximum Gasteiger partial charge on any atom is -0.00204 e. The van der Waals surface area contributed by atoms with Crippen LogP contribution in [0.15, 0.2) is 0 Å². The van der Waals surface area contributed by atoms with E-state index >= 15 is 0 Å². The Labute approximate surface area is 115 Å². The highest BCUT2D eigenvalue weighted by Crippen LogP contribution is 2.37. The predicted molar refractivity (Wildman–Crippen MR) is 81.8 cm³/mol. The molecule has 1 saturated carbocycles. The van der Waals surface area contributed by atoms with E-state index in [9.17, 15) is 0 Å². The summed E-state index contributed by atoms with van der Waals surface area (Å²) in [5.41, 5.74) is 0. The Morgan fingerprint density at radius 2 is 1.56 bits per heavy atom. The monoisotopic (exact) mass is 253 g/mol. The molecule has 0 spiro atoms. The highest BCUT2D eigenvalue weighted by Gasteiger charge is 2.27. The zero-order valence-corrected chi connectivity index (χ0v) is 13.3. The minimum absolute atomic E-state index is 0.771. The predicted octanol–water partition coefficient (Wildman–Crippen LogP) is 4.72. The van der Waals surface area contributed by atoms with Crippen LogP contribution < -0.4 is 5.32 Å². The molecular formula is C17H35N. The van der Waals surface area contributed by atoms with E-state index < -0.39 is 0 Å². The van der Waals surface area contributed by atoms with Gasteiger partial charge >= 0.3 is 0 Å². The summed E-state index contributed by atoms with van der Waals surface area (Å²) in [7, 11) is 0. The van der Waals surface area contributed by atoms with Crippen LogP contribution in [0.3, 0.4) is 0 Å². The van der Waals surface area contributed by atoms with Gasteiger partial charge in [-0.05, 0) is 55.5 Å². The van der Waals surface area contributed by atoms with Crippen molar-refractivity contribution in [2.75, 3.05) is 13.1 Å². The SMILES string of the molecule is CCC1CCC(C(C)C(C)CNCC(C)C)CC1. The van der Waals surface area contributed by atoms with Gasteiger partial charge < -0.3 is 5.32 Å². The highest BCUT2D eigenvalue weighted by atomic mass is 14.9. The smallest absolute Gasteiger partial charge is 0.00204 e. The van der Waals surface area contributed by atoms with Crippen LogP contribution in [0, 0.1) is 29.6 Å². The Balaban J connectivity index is 2.24. The Hall–Kier alpha value is -0.0400. The Bertz CT molecular complexity index is 204. The minimum atomic E-state index is 0.771. The molecule has 0 aliphatic heterocycles. The van der Waals surface area contributed by atoms with E-state index in [4.69, 9.17) is 0 Å². The van der Waals surface area contributed by atoms with Crippen molar-refractivity contribution in [3.8, 4) is 0 Å². The van der Waals surface area contributed by atoms with Crippen LogP contribution in [-0.4, -0.2) is 13.1 Å². The summed E-state index contributed by atoms with van der Waals surface area (Å²) in [6.45, 7) is 14.2. The first kappa shape index (κ1) is 16.0. The van der Waals surface area contributed by atoms with Crippen LogP contribution >= 0.6 is 0 Å². The lowest BCUT2D eigenvalue weighted by atomic mass is 9.72. The summed E-state index contributed by atoms with van der Waals surface area (Å²) in [4.78, 5) is 0. The molecule has 0 aromatic rings. The molecule has 1 N–H and O–H groups in total. The number of hydrogen-bond acceptors (Lipinski definition) is 1. The summed E-state index contributed by atoms with van der Waals surface area (Å²) in [6, 6.07) is 0. The molecule has 1 fully saturated rings. The molecule has 2 unspecified atom stereocenters. The molecule has 108 valence electrons. The van der Waals surface area contributed by atoms with E-state index in [0.717, 1.165) is 29.6 Å². The third-order valence-electron chi connectivity index (χ3n) is 5.13. The first-order valence-corrected chi connectivity index (χ1v) is 8.25. The molecule has 0 heterocycles. The lowest BCUT2D eigenvalue weighted by molar-refractivity contribution is 0.168. The quantitative estimate of drug-likeness (QED) is 0.692. The molecule has 0 aromatic carbocycles. The molecule has 0 bridgehead atoms. The number of hydrogen-bond donors (Lipinski definition) is 1. The van der Waals surface area contributed by atoms with Crippen LogP contribution in [-0.2, 0) is 0 Å². The van der Waals surface area contributed by atoms with Crippen LogP contribution in [0.2, 0.25) is 0 Å². The Morgan fingerprint density at radius 1 is 0.944 bits per heavy atom. The molecule has 0 saturated heterocycles. The topological polar surface area (TPSA) is 12.0 Å². The van der Waals surface area contributed by atoms with Gasteiger partial charge in [-0.1, -0.05) is 53.9 Å². The molecule has 1 nitrogen and oxygen atoms in total. The van der Waals surface area contributed by atoms with Gasteiger partial charge in [0.2, 0.25) is 0 Å². The zero-order chi connectivity index (χ0) is 13.5. The van der Waals surface area contributed by atoms with E-state index in [2.05, 4.69) is 39.9 Å². The van der Waals surface area contributed by atoms with Gasteiger partial charge in [0.1, 0.15) is 0 Å². The van der Waals surface area contributed by atoms with Gasteiger partial charge in [0.15, 0.2) is 0 Å². The summed E-state index contributed by atoms with van der Waals surface area (Å²) < 4.78 is 0. The van der Waals surface area contributed by atoms with Crippen LogP contribution in [0.5, 0.6) is 0 Å². The van der Waals surface area contributed by atoms with E-state index in [-0.39, 0.29) is 0 Å². The zero-order valence-electron chi connectivity index (χ0n) is 13.3. The molecule has 1 aliphatic rings. The van der Waals surface area contributed by atoms with Crippen molar-refractivity contribution in [1.29, 1.82) is 0 Å². The molecular weight excluding hydrogens is 218 g/mol. The average Bonchev–Trinajstić information content (AvgIpc) is 2.37. The largest absolute Gasteiger partial charge is 0.316 e. The fourth-order valence-electron chi connectivity index (χ4n) is 3.37. The standard InChI is InChI=1S/C17H35N/c1-6-16-7-9-17(10-8-16)15(5)14(4)12-18-11-13(2)3/h13-18H,6-12H2,1-5H3. The van der Waals surface area contributed by atoms with Gasteiger partial charge in [0, 0.05) is 0 Å². The van der Waals surface area contributed by atoms with E-state index in [1.165, 1.54) is 45.2 Å². The molecule has 0 radical (unpaired) electrons. The second-order valence-corrected chi connectivity index (χ2v) is 7.08. The van der Waals surface area contributed by atoms with Crippen molar-refractivity contribution in [3.05, 3.63) is 0 Å². The van der Waals surface area contributed by atoms with Gasteiger partial charge in [-0.25, -0.2) is 0 Å². The fraction of sp³-hybridized carbons (Fsp3) is 1.00. The lowest BCUT2D eigenvalue weighted by Gasteiger charge is -2.35. The molecule has 1 rings (SSSR count). The van der Waals surface area contributed by atoms with Crippen molar-refractivity contribution < 1.29 is 0 Å². The van der Waals surface area contributed by atoms with Gasteiger partial charge in [0.05, 0.1) is 0 Å². The summed E-state index contributed by atoms with van der Waals surface area (Å²) in [6.07, 6.45) is 7.32. The van der Waals surface area contributed by atoms with Crippen molar-refractivity contribution in [2.45, 2.75) is 66.7 Å². The van der Waals surface area contributed by atoms with Crippen LogP contribution in [0.4, 0.5) is 0 Å². The summed E-state index contributed by atoms with van der Waals surface area (Å²) in [5, 5.41) is 3.62. The average molecular weight is 253 g/mol. The maximum absolute atomic E-state index is 3.62. The first-order chi connectivity index (χ1) is 8.54. The normalized spacial score (nSPS) is 28.3. The van der Waals surface area contributed by atoms with Gasteiger partial charge in [0.25, 0.3) is 0 Å². The van der Waals surface area contributed by atoms with Crippen molar-refractivity contribution in [2.24, 2.45) is 29.6 Å². The van der Waals surface area contributed by atoms with Gasteiger partial charge in [-0.3, -0.25) is 0 Å². The third-order valence-corrected chi connectivity index (χ3v) is 5.13. The van der Waals surface area contributed by atoms with Crippen molar-refractivity contribution >= 4 is 0 Å². The maximum atomic E-state index is 3.62. The third kappa shape index (κ3) is 5.30. The number of nitrogens with one attached hydrogen (secondary N) is 1. The highest BCUT2D eigenvalue weighted by molar-refractivity contribution is 4.78. The molecule has 2 atom stereocenters. The second-order valence-electron chi connectivity index (χ2n) is 7.08. The van der Waals surface area contributed by atoms with Crippen LogP contribution in [0.1, 0.15) is 66.7 Å². The fourth-order valence-corrected chi connectivity index (χ4v) is 3.37. The molecule has 0 aromatic heterocycles. The molecule has 1 heteroatoms. The minimum Gasteiger partial charge on any atom is -0.316 e. The van der Waals surface area contributed by atoms with Gasteiger partial charge in [-0.2, -0.15) is 0 Å². The second kappa shape index (κ2) is 8.19. The molecule has 1 aliphatic carbocycles. The lowest BCUT2D eigenvalue weighted by Crippen LogP contribution is -2.32. The van der Waals surface area contributed by atoms with E-state index in [0.29, 0.717) is 0 Å². The summed E-state index contributed by atoms with van der Waals surface area (Å²) in [5.74, 6) is 4.51. The van der Waals surface area contributed by atoms with Gasteiger partial charge in [-0.15, -0.1) is 0 Å². The number of rotatable bonds is 7. The Kier molecular flexibility index (Phi) is 7.29. The summed E-state index contributed by atoms with van der Waals surface area (Å²) >= 11 is 0. The first-order valence-electron chi connectivity index (χ1n) is 8.25. The molecule has 0 amide bonds. The van der Waals surface area contributed by atoms with E-state index in [1.54, 1.807) is 0 Å². The Morgan fingerprint density at radius 3 is 2.06 bits per heavy atom. The van der Waals surface area contributed by atoms with E-state index in [1.807, 2.05) is 0 Å². The van der Waals surface area contributed by atoms with Crippen molar-refractivity contribution in [3.63, 3.8) is 0 Å². The van der Waals surface area contributed by atoms with Crippen LogP contribution in [0.25, 0.3) is 0 Å².